The van der Waals surface area contributed by atoms with E-state index in [4.69, 9.17) is 9.84 Å². The van der Waals surface area contributed by atoms with E-state index in [-0.39, 0.29) is 5.56 Å². The van der Waals surface area contributed by atoms with Gasteiger partial charge in [0.05, 0.1) is 25.2 Å². The number of aromatic carboxylic acids is 1. The number of aryl methyl sites for hydroxylation is 1. The zero-order valence-electron chi connectivity index (χ0n) is 11.2. The van der Waals surface area contributed by atoms with E-state index in [0.717, 1.165) is 23.5 Å². The predicted molar refractivity (Wildman–Crippen MR) is 89.2 cm³/mol. The zero-order valence-corrected chi connectivity index (χ0v) is 15.2. The Balaban J connectivity index is 2.10. The van der Waals surface area contributed by atoms with Crippen molar-refractivity contribution < 1.29 is 14.6 Å². The number of aromatic nitrogens is 1. The van der Waals surface area contributed by atoms with Gasteiger partial charge in [0.15, 0.2) is 0 Å². The molecule has 0 aliphatic carbocycles. The number of rotatable bonds is 6. The topological polar surface area (TPSA) is 59.4 Å². The molecule has 0 saturated carbocycles. The molecule has 0 unspecified atom stereocenters. The fourth-order valence-electron chi connectivity index (χ4n) is 1.71. The zero-order chi connectivity index (χ0) is 15.4. The Bertz CT molecular complexity index is 634. The van der Waals surface area contributed by atoms with Gasteiger partial charge in [0.1, 0.15) is 12.4 Å². The molecule has 1 heterocycles. The van der Waals surface area contributed by atoms with Crippen molar-refractivity contribution >= 4 is 49.2 Å². The molecule has 7 heteroatoms. The molecule has 0 atom stereocenters. The van der Waals surface area contributed by atoms with Crippen LogP contribution >= 0.6 is 43.2 Å². The summed E-state index contributed by atoms with van der Waals surface area (Å²) in [6.45, 7) is 2.47. The third-order valence-corrected chi connectivity index (χ3v) is 4.81. The van der Waals surface area contributed by atoms with Crippen molar-refractivity contribution in [2.24, 2.45) is 0 Å². The second kappa shape index (κ2) is 7.38. The molecule has 0 saturated heterocycles. The first-order valence-electron chi connectivity index (χ1n) is 6.29. The van der Waals surface area contributed by atoms with Crippen LogP contribution in [-0.2, 0) is 13.0 Å². The Morgan fingerprint density at radius 3 is 2.62 bits per heavy atom. The van der Waals surface area contributed by atoms with Crippen LogP contribution in [0.15, 0.2) is 26.5 Å². The van der Waals surface area contributed by atoms with E-state index in [2.05, 4.69) is 43.8 Å². The van der Waals surface area contributed by atoms with E-state index in [1.807, 2.05) is 5.38 Å². The Labute approximate surface area is 143 Å². The third-order valence-electron chi connectivity index (χ3n) is 2.67. The van der Waals surface area contributed by atoms with Crippen molar-refractivity contribution in [1.29, 1.82) is 0 Å². The summed E-state index contributed by atoms with van der Waals surface area (Å²) in [5.41, 5.74) is 1.07. The van der Waals surface area contributed by atoms with Gasteiger partial charge in [0.25, 0.3) is 0 Å². The molecule has 0 aliphatic heterocycles. The molecule has 1 N–H and O–H groups in total. The fourth-order valence-corrected chi connectivity index (χ4v) is 4.01. The Morgan fingerprint density at radius 1 is 1.38 bits per heavy atom. The molecule has 112 valence electrons. The lowest BCUT2D eigenvalue weighted by atomic mass is 10.2. The quantitative estimate of drug-likeness (QED) is 0.702. The summed E-state index contributed by atoms with van der Waals surface area (Å²) in [6, 6.07) is 3.04. The Kier molecular flexibility index (Phi) is 5.78. The Morgan fingerprint density at radius 2 is 2.05 bits per heavy atom. The molecule has 0 fully saturated rings. The van der Waals surface area contributed by atoms with E-state index in [1.165, 1.54) is 12.1 Å². The van der Waals surface area contributed by atoms with Gasteiger partial charge in [-0.25, -0.2) is 9.78 Å². The first kappa shape index (κ1) is 16.5. The van der Waals surface area contributed by atoms with Crippen LogP contribution in [0, 0.1) is 0 Å². The number of nitrogens with zero attached hydrogens (tertiary/aromatic N) is 1. The molecule has 1 aromatic heterocycles. The van der Waals surface area contributed by atoms with Gasteiger partial charge in [0.2, 0.25) is 0 Å². The van der Waals surface area contributed by atoms with Crippen LogP contribution < -0.4 is 4.74 Å². The summed E-state index contributed by atoms with van der Waals surface area (Å²) in [6.07, 6.45) is 2.05. The molecule has 2 aromatic rings. The van der Waals surface area contributed by atoms with E-state index in [0.29, 0.717) is 21.3 Å². The lowest BCUT2D eigenvalue weighted by molar-refractivity contribution is 0.0696. The molecular weight excluding hydrogens is 422 g/mol. The monoisotopic (exact) mass is 433 g/mol. The van der Waals surface area contributed by atoms with Crippen LogP contribution in [0.1, 0.15) is 34.4 Å². The number of benzene rings is 1. The summed E-state index contributed by atoms with van der Waals surface area (Å²) in [5, 5.41) is 12.1. The highest BCUT2D eigenvalue weighted by Gasteiger charge is 2.13. The average molecular weight is 435 g/mol. The maximum Gasteiger partial charge on any atom is 0.335 e. The molecule has 2 rings (SSSR count). The van der Waals surface area contributed by atoms with Crippen LogP contribution in [0.4, 0.5) is 0 Å². The number of hydrogen-bond donors (Lipinski definition) is 1. The fraction of sp³-hybridized carbons (Fsp3) is 0.286. The van der Waals surface area contributed by atoms with Gasteiger partial charge in [-0.2, -0.15) is 0 Å². The molecular formula is C14H13Br2NO3S. The summed E-state index contributed by atoms with van der Waals surface area (Å²) in [5.74, 6) is -0.406. The summed E-state index contributed by atoms with van der Waals surface area (Å²) >= 11 is 8.30. The summed E-state index contributed by atoms with van der Waals surface area (Å²) in [7, 11) is 0. The summed E-state index contributed by atoms with van der Waals surface area (Å²) in [4.78, 5) is 15.5. The number of ether oxygens (including phenoxy) is 1. The number of halogens is 2. The number of thiazole rings is 1. The maximum absolute atomic E-state index is 11.0. The van der Waals surface area contributed by atoms with Crippen LogP contribution in [0.2, 0.25) is 0 Å². The lowest BCUT2D eigenvalue weighted by Crippen LogP contribution is -2.01. The minimum atomic E-state index is -0.980. The van der Waals surface area contributed by atoms with Gasteiger partial charge in [-0.05, 0) is 56.8 Å². The van der Waals surface area contributed by atoms with Gasteiger partial charge in [-0.1, -0.05) is 6.92 Å². The van der Waals surface area contributed by atoms with Crippen molar-refractivity contribution in [1.82, 2.24) is 4.98 Å². The minimum Gasteiger partial charge on any atom is -0.485 e. The number of carboxylic acids is 1. The molecule has 0 aliphatic rings. The Hall–Kier alpha value is -0.920. The van der Waals surface area contributed by atoms with E-state index in [1.54, 1.807) is 11.3 Å². The second-order valence-electron chi connectivity index (χ2n) is 4.35. The number of hydrogen-bond acceptors (Lipinski definition) is 4. The van der Waals surface area contributed by atoms with E-state index >= 15 is 0 Å². The molecule has 0 amide bonds. The highest BCUT2D eigenvalue weighted by Crippen LogP contribution is 2.35. The van der Waals surface area contributed by atoms with Crippen molar-refractivity contribution in [2.45, 2.75) is 26.4 Å². The van der Waals surface area contributed by atoms with Crippen LogP contribution in [0.3, 0.4) is 0 Å². The van der Waals surface area contributed by atoms with Crippen molar-refractivity contribution in [2.75, 3.05) is 0 Å². The third kappa shape index (κ3) is 4.28. The highest BCUT2D eigenvalue weighted by molar-refractivity contribution is 9.11. The van der Waals surface area contributed by atoms with Crippen LogP contribution in [0.25, 0.3) is 0 Å². The minimum absolute atomic E-state index is 0.194. The number of carboxylic acid groups (broad SMARTS) is 1. The maximum atomic E-state index is 11.0. The average Bonchev–Trinajstić information content (AvgIpc) is 2.85. The molecule has 0 bridgehead atoms. The van der Waals surface area contributed by atoms with E-state index < -0.39 is 5.97 Å². The smallest absolute Gasteiger partial charge is 0.335 e. The second-order valence-corrected chi connectivity index (χ2v) is 7.00. The van der Waals surface area contributed by atoms with Gasteiger partial charge < -0.3 is 9.84 Å². The number of carbonyl (C=O) groups is 1. The molecule has 1 aromatic carbocycles. The van der Waals surface area contributed by atoms with Crippen LogP contribution in [-0.4, -0.2) is 16.1 Å². The van der Waals surface area contributed by atoms with Crippen LogP contribution in [0.5, 0.6) is 5.75 Å². The molecule has 0 spiro atoms. The standard InChI is InChI=1S/C14H13Br2NO3S/c1-2-3-12-17-9(7-21-12)6-20-13-10(15)4-8(14(18)19)5-11(13)16/h4-5,7H,2-3,6H2,1H3,(H,18,19). The van der Waals surface area contributed by atoms with Gasteiger partial charge in [-0.15, -0.1) is 11.3 Å². The SMILES string of the molecule is CCCc1nc(COc2c(Br)cc(C(=O)O)cc2Br)cs1. The van der Waals surface area contributed by atoms with Crippen molar-refractivity contribution in [3.05, 3.63) is 42.7 Å². The highest BCUT2D eigenvalue weighted by atomic mass is 79.9. The van der Waals surface area contributed by atoms with Crippen molar-refractivity contribution in [3.8, 4) is 5.75 Å². The van der Waals surface area contributed by atoms with E-state index in [9.17, 15) is 4.79 Å². The van der Waals surface area contributed by atoms with Crippen molar-refractivity contribution in [3.63, 3.8) is 0 Å². The lowest BCUT2D eigenvalue weighted by Gasteiger charge is -2.10. The first-order valence-corrected chi connectivity index (χ1v) is 8.76. The van der Waals surface area contributed by atoms with Gasteiger partial charge in [0, 0.05) is 5.38 Å². The largest absolute Gasteiger partial charge is 0.485 e. The predicted octanol–water partition coefficient (Wildman–Crippen LogP) is 4.90. The normalized spacial score (nSPS) is 10.6. The summed E-state index contributed by atoms with van der Waals surface area (Å²) < 4.78 is 6.93. The molecule has 4 nitrogen and oxygen atoms in total. The molecule has 0 radical (unpaired) electrons. The first-order chi connectivity index (χ1) is 10.0. The van der Waals surface area contributed by atoms with Gasteiger partial charge >= 0.3 is 5.97 Å². The van der Waals surface area contributed by atoms with Gasteiger partial charge in [-0.3, -0.25) is 0 Å². The molecule has 21 heavy (non-hydrogen) atoms.